The maximum Gasteiger partial charge on any atom is 0.416 e. The van der Waals surface area contributed by atoms with E-state index in [9.17, 15) is 22.0 Å². The summed E-state index contributed by atoms with van der Waals surface area (Å²) in [6.45, 7) is 6.47. The van der Waals surface area contributed by atoms with Gasteiger partial charge < -0.3 is 15.0 Å². The zero-order valence-corrected chi connectivity index (χ0v) is 20.2. The highest BCUT2D eigenvalue weighted by Crippen LogP contribution is 2.41. The minimum atomic E-state index is -4.54. The van der Waals surface area contributed by atoms with Gasteiger partial charge in [-0.05, 0) is 74.1 Å². The number of hydrogen-bond acceptors (Lipinski definition) is 5. The van der Waals surface area contributed by atoms with Crippen molar-refractivity contribution in [1.29, 1.82) is 0 Å². The third-order valence-electron chi connectivity index (χ3n) is 7.92. The first-order valence-electron chi connectivity index (χ1n) is 12.6. The standard InChI is InChI=1S/C26H31F5N4O/c1-15-2-3-19(26(29,30)31)10-21(15)23-11-22(24(27)28)25(34-33-23)32-20-8-17-13-35(14-18(17)9-20)12-16-4-6-36-7-5-16/h2-3,10-11,16-18,20,24H,4-9,12-14H2,1H3,(H,32,34)/t17-,18-/m1/s1. The topological polar surface area (TPSA) is 50.3 Å². The quantitative estimate of drug-likeness (QED) is 0.487. The molecule has 36 heavy (non-hydrogen) atoms. The first-order valence-corrected chi connectivity index (χ1v) is 12.6. The summed E-state index contributed by atoms with van der Waals surface area (Å²) in [7, 11) is 0. The number of aromatic nitrogens is 2. The Morgan fingerprint density at radius 2 is 1.75 bits per heavy atom. The van der Waals surface area contributed by atoms with E-state index in [4.69, 9.17) is 4.74 Å². The third kappa shape index (κ3) is 5.49. The Labute approximate surface area is 207 Å². The zero-order chi connectivity index (χ0) is 25.4. The van der Waals surface area contributed by atoms with Gasteiger partial charge in [0, 0.05) is 44.5 Å². The van der Waals surface area contributed by atoms with Gasteiger partial charge in [-0.1, -0.05) is 6.07 Å². The van der Waals surface area contributed by atoms with Crippen molar-refractivity contribution in [2.24, 2.45) is 17.8 Å². The van der Waals surface area contributed by atoms with Gasteiger partial charge in [0.15, 0.2) is 5.82 Å². The Kier molecular flexibility index (Phi) is 7.18. The molecular weight excluding hydrogens is 479 g/mol. The van der Waals surface area contributed by atoms with Crippen LogP contribution in [0.4, 0.5) is 27.8 Å². The van der Waals surface area contributed by atoms with Gasteiger partial charge in [0.05, 0.1) is 16.8 Å². The molecule has 0 amide bonds. The van der Waals surface area contributed by atoms with Gasteiger partial charge in [-0.15, -0.1) is 10.2 Å². The Balaban J connectivity index is 1.26. The number of nitrogens with one attached hydrogen (secondary N) is 1. The molecule has 3 aliphatic rings. The van der Waals surface area contributed by atoms with Crippen LogP contribution in [0.15, 0.2) is 24.3 Å². The van der Waals surface area contributed by atoms with E-state index in [0.717, 1.165) is 76.7 Å². The number of aryl methyl sites for hydroxylation is 1. The van der Waals surface area contributed by atoms with Crippen molar-refractivity contribution in [3.8, 4) is 11.3 Å². The molecule has 0 radical (unpaired) electrons. The Hall–Kier alpha value is -2.33. The Bertz CT molecular complexity index is 1060. The van der Waals surface area contributed by atoms with Crippen LogP contribution in [0.25, 0.3) is 11.3 Å². The first kappa shape index (κ1) is 25.3. The molecule has 3 fully saturated rings. The number of benzene rings is 1. The van der Waals surface area contributed by atoms with Crippen LogP contribution in [0.5, 0.6) is 0 Å². The summed E-state index contributed by atoms with van der Waals surface area (Å²) < 4.78 is 72.9. The summed E-state index contributed by atoms with van der Waals surface area (Å²) in [5.41, 5.74) is -0.534. The number of halogens is 5. The van der Waals surface area contributed by atoms with Crippen LogP contribution in [0.2, 0.25) is 0 Å². The first-order chi connectivity index (χ1) is 17.2. The second-order valence-corrected chi connectivity index (χ2v) is 10.5. The van der Waals surface area contributed by atoms with E-state index in [1.54, 1.807) is 6.92 Å². The second-order valence-electron chi connectivity index (χ2n) is 10.5. The minimum absolute atomic E-state index is 0.00601. The van der Waals surface area contributed by atoms with Crippen LogP contribution in [0, 0.1) is 24.7 Å². The lowest BCUT2D eigenvalue weighted by atomic mass is 10.00. The van der Waals surface area contributed by atoms with E-state index in [-0.39, 0.29) is 28.7 Å². The highest BCUT2D eigenvalue weighted by molar-refractivity contribution is 5.66. The number of ether oxygens (including phenoxy) is 1. The molecule has 2 saturated heterocycles. The molecule has 2 atom stereocenters. The molecule has 196 valence electrons. The molecule has 1 aliphatic carbocycles. The number of anilines is 1. The average Bonchev–Trinajstić information content (AvgIpc) is 3.37. The number of alkyl halides is 5. The minimum Gasteiger partial charge on any atom is -0.381 e. The van der Waals surface area contributed by atoms with Gasteiger partial charge in [-0.25, -0.2) is 8.78 Å². The van der Waals surface area contributed by atoms with Crippen molar-refractivity contribution in [3.05, 3.63) is 41.0 Å². The van der Waals surface area contributed by atoms with E-state index in [2.05, 4.69) is 20.4 Å². The highest BCUT2D eigenvalue weighted by atomic mass is 19.4. The fraction of sp³-hybridized carbons (Fsp3) is 0.615. The van der Waals surface area contributed by atoms with E-state index in [1.807, 2.05) is 0 Å². The third-order valence-corrected chi connectivity index (χ3v) is 7.92. The Morgan fingerprint density at radius 3 is 2.39 bits per heavy atom. The predicted octanol–water partition coefficient (Wildman–Crippen LogP) is 5.96. The lowest BCUT2D eigenvalue weighted by molar-refractivity contribution is -0.137. The summed E-state index contributed by atoms with van der Waals surface area (Å²) in [6.07, 6.45) is -3.38. The van der Waals surface area contributed by atoms with E-state index in [1.165, 1.54) is 6.07 Å². The maximum absolute atomic E-state index is 14.0. The Morgan fingerprint density at radius 1 is 1.06 bits per heavy atom. The number of hydrogen-bond donors (Lipinski definition) is 1. The van der Waals surface area contributed by atoms with Gasteiger partial charge in [-0.2, -0.15) is 13.2 Å². The SMILES string of the molecule is Cc1ccc(C(F)(F)F)cc1-c1cc(C(F)F)c(NC2C[C@@H]3CN(CC4CCOCC4)C[C@H]3C2)nn1. The number of fused-ring (bicyclic) bond motifs is 1. The van der Waals surface area contributed by atoms with Gasteiger partial charge in [0.2, 0.25) is 0 Å². The van der Waals surface area contributed by atoms with Crippen LogP contribution >= 0.6 is 0 Å². The average molecular weight is 511 g/mol. The summed E-state index contributed by atoms with van der Waals surface area (Å²) in [4.78, 5) is 2.54. The summed E-state index contributed by atoms with van der Waals surface area (Å²) in [5.74, 6) is 1.76. The van der Waals surface area contributed by atoms with Crippen LogP contribution in [-0.4, -0.2) is 54.0 Å². The normalized spacial score (nSPS) is 24.0. The van der Waals surface area contributed by atoms with Crippen molar-refractivity contribution >= 4 is 5.82 Å². The monoisotopic (exact) mass is 510 g/mol. The molecular formula is C26H31F5N4O. The summed E-state index contributed by atoms with van der Waals surface area (Å²) in [5, 5.41) is 11.2. The fourth-order valence-electron chi connectivity index (χ4n) is 6.04. The molecule has 0 bridgehead atoms. The number of nitrogens with zero attached hydrogens (tertiary/aromatic N) is 3. The molecule has 2 aliphatic heterocycles. The molecule has 1 aromatic carbocycles. The van der Waals surface area contributed by atoms with Crippen molar-refractivity contribution in [2.75, 3.05) is 38.2 Å². The molecule has 0 spiro atoms. The lowest BCUT2D eigenvalue weighted by Crippen LogP contribution is -2.32. The lowest BCUT2D eigenvalue weighted by Gasteiger charge is -2.28. The van der Waals surface area contributed by atoms with Crippen molar-refractivity contribution < 1.29 is 26.7 Å². The molecule has 1 aromatic heterocycles. The molecule has 3 heterocycles. The van der Waals surface area contributed by atoms with Crippen LogP contribution in [-0.2, 0) is 10.9 Å². The van der Waals surface area contributed by atoms with Gasteiger partial charge in [0.25, 0.3) is 6.43 Å². The number of rotatable bonds is 6. The van der Waals surface area contributed by atoms with Gasteiger partial charge in [-0.3, -0.25) is 0 Å². The van der Waals surface area contributed by atoms with Crippen LogP contribution < -0.4 is 5.32 Å². The maximum atomic E-state index is 14.0. The molecule has 1 saturated carbocycles. The molecule has 5 rings (SSSR count). The molecule has 5 nitrogen and oxygen atoms in total. The van der Waals surface area contributed by atoms with E-state index in [0.29, 0.717) is 23.3 Å². The largest absolute Gasteiger partial charge is 0.416 e. The zero-order valence-electron chi connectivity index (χ0n) is 20.2. The second kappa shape index (κ2) is 10.2. The van der Waals surface area contributed by atoms with Crippen molar-refractivity contribution in [2.45, 2.75) is 51.3 Å². The van der Waals surface area contributed by atoms with Crippen LogP contribution in [0.3, 0.4) is 0 Å². The van der Waals surface area contributed by atoms with Gasteiger partial charge >= 0.3 is 6.18 Å². The van der Waals surface area contributed by atoms with Crippen molar-refractivity contribution in [3.63, 3.8) is 0 Å². The fourth-order valence-corrected chi connectivity index (χ4v) is 6.04. The van der Waals surface area contributed by atoms with Crippen LogP contribution in [0.1, 0.15) is 48.8 Å². The van der Waals surface area contributed by atoms with Gasteiger partial charge in [0.1, 0.15) is 0 Å². The summed E-state index contributed by atoms with van der Waals surface area (Å²) in [6, 6.07) is 4.41. The van der Waals surface area contributed by atoms with E-state index < -0.39 is 18.2 Å². The molecule has 0 unspecified atom stereocenters. The molecule has 10 heteroatoms. The molecule has 1 N–H and O–H groups in total. The van der Waals surface area contributed by atoms with Crippen molar-refractivity contribution in [1.82, 2.24) is 15.1 Å². The summed E-state index contributed by atoms with van der Waals surface area (Å²) >= 11 is 0. The predicted molar refractivity (Wildman–Crippen MR) is 126 cm³/mol. The number of likely N-dealkylation sites (tertiary alicyclic amines) is 1. The smallest absolute Gasteiger partial charge is 0.381 e. The highest BCUT2D eigenvalue weighted by Gasteiger charge is 2.41. The van der Waals surface area contributed by atoms with E-state index >= 15 is 0 Å². The molecule has 2 aromatic rings.